The van der Waals surface area contributed by atoms with E-state index in [1.54, 1.807) is 54.6 Å². The molecule has 0 bridgehead atoms. The maximum absolute atomic E-state index is 12.5. The summed E-state index contributed by atoms with van der Waals surface area (Å²) in [5, 5.41) is 8.32. The van der Waals surface area contributed by atoms with Crippen LogP contribution in [0.25, 0.3) is 0 Å². The van der Waals surface area contributed by atoms with Gasteiger partial charge in [0, 0.05) is 17.1 Å². The summed E-state index contributed by atoms with van der Waals surface area (Å²) in [4.78, 5) is 24.5. The van der Waals surface area contributed by atoms with Crippen molar-refractivity contribution >= 4 is 29.0 Å². The first-order valence-electron chi connectivity index (χ1n) is 8.92. The Hall–Kier alpha value is -3.80. The zero-order valence-corrected chi connectivity index (χ0v) is 15.4. The lowest BCUT2D eigenvalue weighted by molar-refractivity contribution is 0.102. The second-order valence-electron chi connectivity index (χ2n) is 5.91. The first-order valence-corrected chi connectivity index (χ1v) is 8.92. The van der Waals surface area contributed by atoms with Crippen molar-refractivity contribution in [3.8, 4) is 5.75 Å². The van der Waals surface area contributed by atoms with Crippen LogP contribution in [-0.2, 0) is 0 Å². The predicted molar refractivity (Wildman–Crippen MR) is 111 cm³/mol. The van der Waals surface area contributed by atoms with Gasteiger partial charge in [0.05, 0.1) is 12.2 Å². The molecule has 28 heavy (non-hydrogen) atoms. The van der Waals surface area contributed by atoms with E-state index in [0.717, 1.165) is 0 Å². The van der Waals surface area contributed by atoms with Crippen LogP contribution < -0.4 is 20.7 Å². The van der Waals surface area contributed by atoms with Gasteiger partial charge in [0.25, 0.3) is 5.91 Å². The van der Waals surface area contributed by atoms with Gasteiger partial charge >= 0.3 is 6.03 Å². The third kappa shape index (κ3) is 5.11. The lowest BCUT2D eigenvalue weighted by Crippen LogP contribution is -2.19. The Labute approximate surface area is 163 Å². The molecule has 0 saturated carbocycles. The van der Waals surface area contributed by atoms with Gasteiger partial charge in [-0.1, -0.05) is 30.3 Å². The Bertz CT molecular complexity index is 941. The number of rotatable bonds is 6. The van der Waals surface area contributed by atoms with Crippen LogP contribution in [0.1, 0.15) is 17.3 Å². The minimum absolute atomic E-state index is 0.258. The quantitative estimate of drug-likeness (QED) is 0.568. The molecule has 0 saturated heterocycles. The molecule has 0 spiro atoms. The van der Waals surface area contributed by atoms with Crippen molar-refractivity contribution in [2.24, 2.45) is 0 Å². The third-order valence-corrected chi connectivity index (χ3v) is 3.86. The number of nitrogens with one attached hydrogen (secondary N) is 3. The summed E-state index contributed by atoms with van der Waals surface area (Å²) < 4.78 is 5.49. The van der Waals surface area contributed by atoms with Gasteiger partial charge in [0.1, 0.15) is 5.75 Å². The minimum atomic E-state index is -0.339. The summed E-state index contributed by atoms with van der Waals surface area (Å²) in [6.07, 6.45) is 0. The zero-order chi connectivity index (χ0) is 19.8. The smallest absolute Gasteiger partial charge is 0.323 e. The number of benzene rings is 3. The van der Waals surface area contributed by atoms with Crippen molar-refractivity contribution in [3.05, 3.63) is 84.4 Å². The van der Waals surface area contributed by atoms with E-state index in [4.69, 9.17) is 4.74 Å². The maximum Gasteiger partial charge on any atom is 0.323 e. The fourth-order valence-corrected chi connectivity index (χ4v) is 2.59. The maximum atomic E-state index is 12.5. The average Bonchev–Trinajstić information content (AvgIpc) is 2.71. The molecule has 0 aromatic heterocycles. The number of para-hydroxylation sites is 2. The number of hydrogen-bond donors (Lipinski definition) is 3. The van der Waals surface area contributed by atoms with E-state index in [0.29, 0.717) is 35.0 Å². The molecule has 3 rings (SSSR count). The molecule has 6 nitrogen and oxygen atoms in total. The molecule has 0 aliphatic carbocycles. The van der Waals surface area contributed by atoms with Gasteiger partial charge in [-0.25, -0.2) is 4.79 Å². The normalized spacial score (nSPS) is 10.0. The van der Waals surface area contributed by atoms with Crippen LogP contribution in [0.3, 0.4) is 0 Å². The molecule has 6 heteroatoms. The zero-order valence-electron chi connectivity index (χ0n) is 15.4. The van der Waals surface area contributed by atoms with Gasteiger partial charge in [-0.05, 0) is 55.5 Å². The van der Waals surface area contributed by atoms with Crippen LogP contribution in [0.4, 0.5) is 21.9 Å². The van der Waals surface area contributed by atoms with Gasteiger partial charge in [0.2, 0.25) is 0 Å². The van der Waals surface area contributed by atoms with Crippen molar-refractivity contribution in [1.29, 1.82) is 0 Å². The molecular formula is C22H21N3O3. The fraction of sp³-hybridized carbons (Fsp3) is 0.0909. The van der Waals surface area contributed by atoms with Crippen LogP contribution >= 0.6 is 0 Å². The molecule has 3 aromatic rings. The SMILES string of the molecule is CCOc1ccccc1C(=O)Nc1ccc(NC(=O)Nc2ccccc2)cc1. The van der Waals surface area contributed by atoms with E-state index >= 15 is 0 Å². The second kappa shape index (κ2) is 9.23. The molecule has 0 radical (unpaired) electrons. The number of urea groups is 1. The molecule has 0 aliphatic heterocycles. The summed E-state index contributed by atoms with van der Waals surface area (Å²) >= 11 is 0. The highest BCUT2D eigenvalue weighted by Gasteiger charge is 2.12. The molecule has 3 aromatic carbocycles. The summed E-state index contributed by atoms with van der Waals surface area (Å²) in [6.45, 7) is 2.35. The summed E-state index contributed by atoms with van der Waals surface area (Å²) in [5.74, 6) is 0.282. The topological polar surface area (TPSA) is 79.5 Å². The minimum Gasteiger partial charge on any atom is -0.493 e. The average molecular weight is 375 g/mol. The van der Waals surface area contributed by atoms with Crippen molar-refractivity contribution in [3.63, 3.8) is 0 Å². The Kier molecular flexibility index (Phi) is 6.25. The highest BCUT2D eigenvalue weighted by Crippen LogP contribution is 2.20. The van der Waals surface area contributed by atoms with Crippen LogP contribution in [0.2, 0.25) is 0 Å². The number of anilines is 3. The van der Waals surface area contributed by atoms with Gasteiger partial charge in [0.15, 0.2) is 0 Å². The van der Waals surface area contributed by atoms with Crippen LogP contribution in [-0.4, -0.2) is 18.5 Å². The first kappa shape index (κ1) is 19.0. The van der Waals surface area contributed by atoms with Crippen molar-refractivity contribution in [1.82, 2.24) is 0 Å². The van der Waals surface area contributed by atoms with E-state index < -0.39 is 0 Å². The highest BCUT2D eigenvalue weighted by molar-refractivity contribution is 6.06. The largest absolute Gasteiger partial charge is 0.493 e. The van der Waals surface area contributed by atoms with E-state index in [2.05, 4.69) is 16.0 Å². The lowest BCUT2D eigenvalue weighted by atomic mass is 10.2. The van der Waals surface area contributed by atoms with E-state index in [1.165, 1.54) is 0 Å². The molecule has 3 N–H and O–H groups in total. The number of carbonyl (C=O) groups is 2. The molecule has 0 heterocycles. The monoisotopic (exact) mass is 375 g/mol. The van der Waals surface area contributed by atoms with E-state index in [-0.39, 0.29) is 11.9 Å². The number of carbonyl (C=O) groups excluding carboxylic acids is 2. The van der Waals surface area contributed by atoms with Crippen LogP contribution in [0.15, 0.2) is 78.9 Å². The molecular weight excluding hydrogens is 354 g/mol. The Morgan fingerprint density at radius 1 is 0.714 bits per heavy atom. The van der Waals surface area contributed by atoms with Gasteiger partial charge in [-0.3, -0.25) is 4.79 Å². The highest BCUT2D eigenvalue weighted by atomic mass is 16.5. The fourth-order valence-electron chi connectivity index (χ4n) is 2.59. The van der Waals surface area contributed by atoms with E-state index in [9.17, 15) is 9.59 Å². The van der Waals surface area contributed by atoms with Crippen molar-refractivity contribution in [2.75, 3.05) is 22.6 Å². The Morgan fingerprint density at radius 3 is 1.89 bits per heavy atom. The third-order valence-electron chi connectivity index (χ3n) is 3.86. The summed E-state index contributed by atoms with van der Waals surface area (Å²) in [7, 11) is 0. The van der Waals surface area contributed by atoms with Crippen LogP contribution in [0.5, 0.6) is 5.75 Å². The summed E-state index contributed by atoms with van der Waals surface area (Å²) in [5.41, 5.74) is 2.40. The predicted octanol–water partition coefficient (Wildman–Crippen LogP) is 4.98. The molecule has 0 fully saturated rings. The summed E-state index contributed by atoms with van der Waals surface area (Å²) in [6, 6.07) is 22.8. The number of ether oxygens (including phenoxy) is 1. The van der Waals surface area contributed by atoms with Crippen molar-refractivity contribution in [2.45, 2.75) is 6.92 Å². The standard InChI is InChI=1S/C22H21N3O3/c1-2-28-20-11-7-6-10-19(20)21(26)23-17-12-14-18(15-13-17)25-22(27)24-16-8-4-3-5-9-16/h3-15H,2H2,1H3,(H,23,26)(H2,24,25,27). The van der Waals surface area contributed by atoms with Gasteiger partial charge < -0.3 is 20.7 Å². The first-order chi connectivity index (χ1) is 13.7. The Morgan fingerprint density at radius 2 is 1.25 bits per heavy atom. The second-order valence-corrected chi connectivity index (χ2v) is 5.91. The number of hydrogen-bond acceptors (Lipinski definition) is 3. The molecule has 0 atom stereocenters. The van der Waals surface area contributed by atoms with Gasteiger partial charge in [-0.15, -0.1) is 0 Å². The molecule has 0 unspecified atom stereocenters. The Balaban J connectivity index is 1.60. The van der Waals surface area contributed by atoms with Gasteiger partial charge in [-0.2, -0.15) is 0 Å². The molecule has 142 valence electrons. The lowest BCUT2D eigenvalue weighted by Gasteiger charge is -2.11. The molecule has 0 aliphatic rings. The molecule has 3 amide bonds. The number of amides is 3. The van der Waals surface area contributed by atoms with E-state index in [1.807, 2.05) is 31.2 Å². The van der Waals surface area contributed by atoms with Crippen molar-refractivity contribution < 1.29 is 14.3 Å². The van der Waals surface area contributed by atoms with Crippen LogP contribution in [0, 0.1) is 0 Å².